The van der Waals surface area contributed by atoms with Crippen LogP contribution in [0.2, 0.25) is 0 Å². The normalized spacial score (nSPS) is 14.0. The number of imidazole rings is 1. The number of nitrogens with zero attached hydrogens (tertiary/aromatic N) is 4. The van der Waals surface area contributed by atoms with Crippen molar-refractivity contribution in [3.05, 3.63) is 77.9 Å². The number of methoxy groups -OCH3 is 1. The lowest BCUT2D eigenvalue weighted by Gasteiger charge is -2.29. The molecular formula is C26H30N4O3. The number of amides is 1. The summed E-state index contributed by atoms with van der Waals surface area (Å²) in [5.41, 5.74) is 5.00. The van der Waals surface area contributed by atoms with E-state index in [-0.39, 0.29) is 5.91 Å². The molecule has 2 heterocycles. The molecule has 1 amide bonds. The van der Waals surface area contributed by atoms with Gasteiger partial charge in [0.2, 0.25) is 5.91 Å². The third kappa shape index (κ3) is 5.62. The zero-order valence-corrected chi connectivity index (χ0v) is 19.4. The number of morpholine rings is 1. The molecule has 0 radical (unpaired) electrons. The molecule has 33 heavy (non-hydrogen) atoms. The van der Waals surface area contributed by atoms with E-state index in [1.165, 1.54) is 5.69 Å². The van der Waals surface area contributed by atoms with E-state index in [1.807, 2.05) is 55.1 Å². The van der Waals surface area contributed by atoms with Crippen molar-refractivity contribution in [1.29, 1.82) is 0 Å². The smallest absolute Gasteiger partial charge is 0.246 e. The second kappa shape index (κ2) is 10.4. The minimum atomic E-state index is -0.0555. The molecule has 0 unspecified atom stereocenters. The summed E-state index contributed by atoms with van der Waals surface area (Å²) in [5, 5.41) is 0. The molecule has 1 aliphatic rings. The van der Waals surface area contributed by atoms with Gasteiger partial charge in [-0.25, -0.2) is 4.98 Å². The highest BCUT2D eigenvalue weighted by Gasteiger charge is 2.13. The number of carbonyl (C=O) groups excluding carboxylic acids is 1. The Bertz CT molecular complexity index is 1130. The summed E-state index contributed by atoms with van der Waals surface area (Å²) in [6.07, 6.45) is 7.12. The molecule has 1 aromatic heterocycles. The number of benzene rings is 2. The first kappa shape index (κ1) is 22.6. The van der Waals surface area contributed by atoms with Crippen LogP contribution >= 0.6 is 0 Å². The molecule has 0 bridgehead atoms. The van der Waals surface area contributed by atoms with Crippen molar-refractivity contribution in [3.8, 4) is 11.4 Å². The van der Waals surface area contributed by atoms with Gasteiger partial charge >= 0.3 is 0 Å². The second-order valence-electron chi connectivity index (χ2n) is 8.15. The standard InChI is InChI=1S/C26H30N4O3/c1-20-17-30(19-27-20)24-9-7-21(16-25(24)32-3)8-10-26(31)28(2)18-22-5-4-6-23(15-22)29-11-13-33-14-12-29/h4-10,15-17,19H,11-14,18H2,1-3H3/b10-8+. The van der Waals surface area contributed by atoms with E-state index < -0.39 is 0 Å². The van der Waals surface area contributed by atoms with Crippen LogP contribution in [0.3, 0.4) is 0 Å². The summed E-state index contributed by atoms with van der Waals surface area (Å²) in [6, 6.07) is 14.2. The van der Waals surface area contributed by atoms with Crippen LogP contribution in [0.4, 0.5) is 5.69 Å². The average molecular weight is 447 g/mol. The Hall–Kier alpha value is -3.58. The molecule has 1 fully saturated rings. The zero-order valence-electron chi connectivity index (χ0n) is 19.4. The van der Waals surface area contributed by atoms with Crippen LogP contribution in [-0.4, -0.2) is 60.8 Å². The first-order chi connectivity index (χ1) is 16.0. The molecule has 172 valence electrons. The fourth-order valence-corrected chi connectivity index (χ4v) is 3.88. The Morgan fingerprint density at radius 3 is 2.76 bits per heavy atom. The maximum atomic E-state index is 12.7. The van der Waals surface area contributed by atoms with Crippen molar-refractivity contribution in [2.75, 3.05) is 45.4 Å². The maximum absolute atomic E-state index is 12.7. The second-order valence-corrected chi connectivity index (χ2v) is 8.15. The van der Waals surface area contributed by atoms with E-state index in [2.05, 4.69) is 28.1 Å². The molecule has 4 rings (SSSR count). The molecule has 0 atom stereocenters. The van der Waals surface area contributed by atoms with Crippen LogP contribution < -0.4 is 9.64 Å². The highest BCUT2D eigenvalue weighted by Crippen LogP contribution is 2.25. The minimum absolute atomic E-state index is 0.0555. The monoisotopic (exact) mass is 446 g/mol. The van der Waals surface area contributed by atoms with Crippen molar-refractivity contribution >= 4 is 17.7 Å². The molecule has 0 spiro atoms. The van der Waals surface area contributed by atoms with Gasteiger partial charge in [0, 0.05) is 44.6 Å². The molecule has 1 aliphatic heterocycles. The van der Waals surface area contributed by atoms with Gasteiger partial charge in [-0.2, -0.15) is 0 Å². The van der Waals surface area contributed by atoms with Gasteiger partial charge in [-0.05, 0) is 48.4 Å². The number of hydrogen-bond donors (Lipinski definition) is 0. The van der Waals surface area contributed by atoms with Gasteiger partial charge in [0.25, 0.3) is 0 Å². The molecule has 2 aromatic carbocycles. The number of likely N-dealkylation sites (N-methyl/N-ethyl adjacent to an activating group) is 1. The Labute approximate surface area is 194 Å². The van der Waals surface area contributed by atoms with Crippen molar-refractivity contribution in [1.82, 2.24) is 14.5 Å². The predicted octanol–water partition coefficient (Wildman–Crippen LogP) is 3.70. The van der Waals surface area contributed by atoms with Crippen LogP contribution in [0.1, 0.15) is 16.8 Å². The lowest BCUT2D eigenvalue weighted by atomic mass is 10.1. The Morgan fingerprint density at radius 1 is 1.21 bits per heavy atom. The van der Waals surface area contributed by atoms with Crippen molar-refractivity contribution < 1.29 is 14.3 Å². The van der Waals surface area contributed by atoms with Crippen LogP contribution in [0, 0.1) is 6.92 Å². The molecule has 1 saturated heterocycles. The van der Waals surface area contributed by atoms with Gasteiger partial charge < -0.3 is 23.8 Å². The summed E-state index contributed by atoms with van der Waals surface area (Å²) in [4.78, 5) is 21.0. The highest BCUT2D eigenvalue weighted by atomic mass is 16.5. The third-order valence-electron chi connectivity index (χ3n) is 5.69. The van der Waals surface area contributed by atoms with E-state index in [0.29, 0.717) is 6.54 Å². The van der Waals surface area contributed by atoms with Crippen LogP contribution in [0.15, 0.2) is 61.1 Å². The van der Waals surface area contributed by atoms with Crippen LogP contribution in [0.25, 0.3) is 11.8 Å². The lowest BCUT2D eigenvalue weighted by Crippen LogP contribution is -2.36. The van der Waals surface area contributed by atoms with Crippen LogP contribution in [-0.2, 0) is 16.1 Å². The molecule has 0 saturated carbocycles. The fourth-order valence-electron chi connectivity index (χ4n) is 3.88. The summed E-state index contributed by atoms with van der Waals surface area (Å²) in [5.74, 6) is 0.662. The summed E-state index contributed by atoms with van der Waals surface area (Å²) < 4.78 is 12.9. The maximum Gasteiger partial charge on any atom is 0.246 e. The van der Waals surface area contributed by atoms with Crippen LogP contribution in [0.5, 0.6) is 5.75 Å². The number of aromatic nitrogens is 2. The molecular weight excluding hydrogens is 416 g/mol. The number of rotatable bonds is 7. The van der Waals surface area contributed by atoms with Gasteiger partial charge in [0.05, 0.1) is 38.0 Å². The van der Waals surface area contributed by atoms with Gasteiger partial charge in [-0.3, -0.25) is 4.79 Å². The van der Waals surface area contributed by atoms with Crippen molar-refractivity contribution in [2.24, 2.45) is 0 Å². The van der Waals surface area contributed by atoms with E-state index in [4.69, 9.17) is 9.47 Å². The Balaban J connectivity index is 1.41. The first-order valence-electron chi connectivity index (χ1n) is 11.1. The number of carbonyl (C=O) groups is 1. The minimum Gasteiger partial charge on any atom is -0.495 e. The van der Waals surface area contributed by atoms with Gasteiger partial charge in [-0.15, -0.1) is 0 Å². The number of hydrogen-bond acceptors (Lipinski definition) is 5. The summed E-state index contributed by atoms with van der Waals surface area (Å²) in [6.45, 7) is 5.78. The topological polar surface area (TPSA) is 59.8 Å². The average Bonchev–Trinajstić information content (AvgIpc) is 3.29. The zero-order chi connectivity index (χ0) is 23.2. The highest BCUT2D eigenvalue weighted by molar-refractivity contribution is 5.91. The predicted molar refractivity (Wildman–Crippen MR) is 130 cm³/mol. The molecule has 7 heteroatoms. The molecule has 0 aliphatic carbocycles. The Morgan fingerprint density at radius 2 is 2.03 bits per heavy atom. The molecule has 0 N–H and O–H groups in total. The summed E-state index contributed by atoms with van der Waals surface area (Å²) >= 11 is 0. The summed E-state index contributed by atoms with van der Waals surface area (Å²) in [7, 11) is 3.46. The number of ether oxygens (including phenoxy) is 2. The van der Waals surface area contributed by atoms with E-state index >= 15 is 0 Å². The fraction of sp³-hybridized carbons (Fsp3) is 0.308. The van der Waals surface area contributed by atoms with E-state index in [9.17, 15) is 4.79 Å². The van der Waals surface area contributed by atoms with Crippen molar-refractivity contribution in [3.63, 3.8) is 0 Å². The first-order valence-corrected chi connectivity index (χ1v) is 11.1. The third-order valence-corrected chi connectivity index (χ3v) is 5.69. The largest absolute Gasteiger partial charge is 0.495 e. The lowest BCUT2D eigenvalue weighted by molar-refractivity contribution is -0.125. The van der Waals surface area contributed by atoms with Gasteiger partial charge in [0.1, 0.15) is 5.75 Å². The SMILES string of the molecule is COc1cc(/C=C/C(=O)N(C)Cc2cccc(N3CCOCC3)c2)ccc1-n1cnc(C)c1. The van der Waals surface area contributed by atoms with E-state index in [1.54, 1.807) is 24.4 Å². The van der Waals surface area contributed by atoms with Gasteiger partial charge in [0.15, 0.2) is 0 Å². The Kier molecular flexibility index (Phi) is 7.10. The molecule has 3 aromatic rings. The van der Waals surface area contributed by atoms with E-state index in [0.717, 1.165) is 54.6 Å². The van der Waals surface area contributed by atoms with Gasteiger partial charge in [-0.1, -0.05) is 18.2 Å². The number of anilines is 1. The molecule has 7 nitrogen and oxygen atoms in total. The quantitative estimate of drug-likeness (QED) is 0.518. The van der Waals surface area contributed by atoms with Crippen molar-refractivity contribution in [2.45, 2.75) is 13.5 Å². The number of aryl methyl sites for hydroxylation is 1.